The Hall–Kier alpha value is -2.17. The SMILES string of the molecule is COc1ccc2nc(C(C=O)C=O)oc2c1. The lowest BCUT2D eigenvalue weighted by molar-refractivity contribution is -0.116. The van der Waals surface area contributed by atoms with Gasteiger partial charge in [-0.3, -0.25) is 0 Å². The Morgan fingerprint density at radius 3 is 2.75 bits per heavy atom. The highest BCUT2D eigenvalue weighted by Crippen LogP contribution is 2.23. The van der Waals surface area contributed by atoms with Gasteiger partial charge in [-0.2, -0.15) is 0 Å². The summed E-state index contributed by atoms with van der Waals surface area (Å²) in [5, 5.41) is 0. The van der Waals surface area contributed by atoms with Crippen LogP contribution in [0.1, 0.15) is 11.8 Å². The number of hydrogen-bond donors (Lipinski definition) is 0. The van der Waals surface area contributed by atoms with Gasteiger partial charge in [0.05, 0.1) is 7.11 Å². The van der Waals surface area contributed by atoms with Crippen molar-refractivity contribution in [3.05, 3.63) is 24.1 Å². The molecule has 0 radical (unpaired) electrons. The summed E-state index contributed by atoms with van der Waals surface area (Å²) in [6.07, 6.45) is 0.990. The van der Waals surface area contributed by atoms with Crippen LogP contribution in [0.15, 0.2) is 22.6 Å². The van der Waals surface area contributed by atoms with E-state index in [2.05, 4.69) is 4.98 Å². The number of oxazole rings is 1. The molecular weight excluding hydrogens is 210 g/mol. The predicted octanol–water partition coefficient (Wildman–Crippen LogP) is 1.32. The van der Waals surface area contributed by atoms with Crippen LogP contribution in [-0.2, 0) is 9.59 Å². The topological polar surface area (TPSA) is 69.4 Å². The molecule has 1 heterocycles. The quantitative estimate of drug-likeness (QED) is 0.573. The lowest BCUT2D eigenvalue weighted by Gasteiger charge is -1.96. The Balaban J connectivity index is 2.50. The van der Waals surface area contributed by atoms with Gasteiger partial charge < -0.3 is 18.7 Å². The van der Waals surface area contributed by atoms with Gasteiger partial charge in [-0.25, -0.2) is 4.98 Å². The molecule has 0 aliphatic heterocycles. The third-order valence-corrected chi connectivity index (χ3v) is 2.19. The molecule has 0 amide bonds. The van der Waals surface area contributed by atoms with Crippen molar-refractivity contribution in [2.75, 3.05) is 7.11 Å². The summed E-state index contributed by atoms with van der Waals surface area (Å²) in [6, 6.07) is 5.08. The molecule has 0 bridgehead atoms. The summed E-state index contributed by atoms with van der Waals surface area (Å²) in [5.74, 6) is -0.212. The summed E-state index contributed by atoms with van der Waals surface area (Å²) in [4.78, 5) is 25.2. The van der Waals surface area contributed by atoms with Crippen LogP contribution in [0.2, 0.25) is 0 Å². The molecule has 5 heteroatoms. The zero-order valence-corrected chi connectivity index (χ0v) is 8.54. The molecule has 0 aliphatic rings. The van der Waals surface area contributed by atoms with E-state index in [0.29, 0.717) is 29.4 Å². The second kappa shape index (κ2) is 4.14. The largest absolute Gasteiger partial charge is 0.497 e. The first kappa shape index (κ1) is 10.4. The Bertz CT molecular complexity index is 524. The molecule has 0 spiro atoms. The Labute approximate surface area is 91.0 Å². The summed E-state index contributed by atoms with van der Waals surface area (Å²) in [5.41, 5.74) is 1.08. The van der Waals surface area contributed by atoms with Crippen molar-refractivity contribution >= 4 is 23.7 Å². The maximum atomic E-state index is 10.6. The molecule has 5 nitrogen and oxygen atoms in total. The number of ether oxygens (including phenoxy) is 1. The molecule has 0 unspecified atom stereocenters. The lowest BCUT2D eigenvalue weighted by atomic mass is 10.2. The highest BCUT2D eigenvalue weighted by molar-refractivity contribution is 5.85. The van der Waals surface area contributed by atoms with Gasteiger partial charge in [-0.1, -0.05) is 0 Å². The summed E-state index contributed by atoms with van der Waals surface area (Å²) in [7, 11) is 1.54. The van der Waals surface area contributed by atoms with Gasteiger partial charge in [0.1, 0.15) is 29.8 Å². The van der Waals surface area contributed by atoms with Crippen LogP contribution in [0.4, 0.5) is 0 Å². The van der Waals surface area contributed by atoms with Crippen molar-refractivity contribution in [3.63, 3.8) is 0 Å². The van der Waals surface area contributed by atoms with Crippen molar-refractivity contribution in [1.82, 2.24) is 4.98 Å². The standard InChI is InChI=1S/C11H9NO4/c1-15-8-2-3-9-10(4-8)16-11(12-9)7(5-13)6-14/h2-7H,1H3. The highest BCUT2D eigenvalue weighted by Gasteiger charge is 2.16. The fraction of sp³-hybridized carbons (Fsp3) is 0.182. The molecule has 0 saturated heterocycles. The van der Waals surface area contributed by atoms with E-state index < -0.39 is 5.92 Å². The number of hydrogen-bond acceptors (Lipinski definition) is 5. The van der Waals surface area contributed by atoms with Crippen molar-refractivity contribution in [2.45, 2.75) is 5.92 Å². The fourth-order valence-electron chi connectivity index (χ4n) is 1.34. The third kappa shape index (κ3) is 1.67. The predicted molar refractivity (Wildman–Crippen MR) is 55.4 cm³/mol. The number of nitrogens with zero attached hydrogens (tertiary/aromatic N) is 1. The van der Waals surface area contributed by atoms with Crippen LogP contribution < -0.4 is 4.74 Å². The Morgan fingerprint density at radius 2 is 2.12 bits per heavy atom. The number of carbonyl (C=O) groups excluding carboxylic acids is 2. The first-order chi connectivity index (χ1) is 7.78. The minimum atomic E-state index is -0.946. The zero-order chi connectivity index (χ0) is 11.5. The van der Waals surface area contributed by atoms with Crippen LogP contribution in [0.5, 0.6) is 5.75 Å². The summed E-state index contributed by atoms with van der Waals surface area (Å²) in [6.45, 7) is 0. The average molecular weight is 219 g/mol. The molecule has 2 aromatic rings. The number of fused-ring (bicyclic) bond motifs is 1. The molecule has 16 heavy (non-hydrogen) atoms. The first-order valence-electron chi connectivity index (χ1n) is 4.63. The first-order valence-corrected chi connectivity index (χ1v) is 4.63. The molecule has 0 fully saturated rings. The molecule has 0 aliphatic carbocycles. The number of carbonyl (C=O) groups is 2. The number of aldehydes is 2. The normalized spacial score (nSPS) is 10.6. The smallest absolute Gasteiger partial charge is 0.213 e. The maximum Gasteiger partial charge on any atom is 0.213 e. The van der Waals surface area contributed by atoms with Crippen LogP contribution >= 0.6 is 0 Å². The second-order valence-electron chi connectivity index (χ2n) is 3.18. The summed E-state index contributed by atoms with van der Waals surface area (Å²) >= 11 is 0. The lowest BCUT2D eigenvalue weighted by Crippen LogP contribution is -2.00. The minimum absolute atomic E-state index is 0.105. The van der Waals surface area contributed by atoms with E-state index in [4.69, 9.17) is 9.15 Å². The van der Waals surface area contributed by atoms with Crippen molar-refractivity contribution in [2.24, 2.45) is 0 Å². The second-order valence-corrected chi connectivity index (χ2v) is 3.18. The van der Waals surface area contributed by atoms with E-state index in [1.807, 2.05) is 0 Å². The number of methoxy groups -OCH3 is 1. The maximum absolute atomic E-state index is 10.6. The summed E-state index contributed by atoms with van der Waals surface area (Å²) < 4.78 is 10.3. The highest BCUT2D eigenvalue weighted by atomic mass is 16.5. The van der Waals surface area contributed by atoms with Gasteiger partial charge in [0.15, 0.2) is 5.58 Å². The molecule has 82 valence electrons. The van der Waals surface area contributed by atoms with Gasteiger partial charge in [-0.15, -0.1) is 0 Å². The van der Waals surface area contributed by atoms with E-state index in [9.17, 15) is 9.59 Å². The van der Waals surface area contributed by atoms with Crippen LogP contribution in [-0.4, -0.2) is 24.7 Å². The van der Waals surface area contributed by atoms with E-state index in [0.717, 1.165) is 0 Å². The fourth-order valence-corrected chi connectivity index (χ4v) is 1.34. The van der Waals surface area contributed by atoms with Gasteiger partial charge in [0.2, 0.25) is 5.89 Å². The van der Waals surface area contributed by atoms with Gasteiger partial charge in [-0.05, 0) is 12.1 Å². The number of aromatic nitrogens is 1. The Kier molecular flexibility index (Phi) is 2.68. The molecule has 2 rings (SSSR count). The van der Waals surface area contributed by atoms with E-state index in [-0.39, 0.29) is 5.89 Å². The van der Waals surface area contributed by atoms with Gasteiger partial charge in [0, 0.05) is 6.07 Å². The molecule has 0 saturated carbocycles. The molecule has 0 N–H and O–H groups in total. The monoisotopic (exact) mass is 219 g/mol. The van der Waals surface area contributed by atoms with Gasteiger partial charge >= 0.3 is 0 Å². The zero-order valence-electron chi connectivity index (χ0n) is 8.54. The molecule has 1 aromatic carbocycles. The number of rotatable bonds is 4. The minimum Gasteiger partial charge on any atom is -0.497 e. The number of benzene rings is 1. The Morgan fingerprint density at radius 1 is 1.38 bits per heavy atom. The van der Waals surface area contributed by atoms with E-state index in [1.165, 1.54) is 7.11 Å². The molecule has 1 aromatic heterocycles. The van der Waals surface area contributed by atoms with Gasteiger partial charge in [0.25, 0.3) is 0 Å². The van der Waals surface area contributed by atoms with Crippen LogP contribution in [0.3, 0.4) is 0 Å². The third-order valence-electron chi connectivity index (χ3n) is 2.19. The van der Waals surface area contributed by atoms with E-state index in [1.54, 1.807) is 18.2 Å². The average Bonchev–Trinajstić information content (AvgIpc) is 2.72. The van der Waals surface area contributed by atoms with E-state index >= 15 is 0 Å². The van der Waals surface area contributed by atoms with Crippen molar-refractivity contribution < 1.29 is 18.7 Å². The van der Waals surface area contributed by atoms with Crippen molar-refractivity contribution in [3.8, 4) is 5.75 Å². The van der Waals surface area contributed by atoms with Crippen molar-refractivity contribution in [1.29, 1.82) is 0 Å². The molecule has 0 atom stereocenters. The molecular formula is C11H9NO4. The van der Waals surface area contributed by atoms with Crippen LogP contribution in [0, 0.1) is 0 Å². The van der Waals surface area contributed by atoms with Crippen LogP contribution in [0.25, 0.3) is 11.1 Å².